The molecule has 0 unspecified atom stereocenters. The number of likely N-dealkylation sites (N-methyl/N-ethyl adjacent to an activating group) is 1. The van der Waals surface area contributed by atoms with Gasteiger partial charge in [-0.25, -0.2) is 4.98 Å². The van der Waals surface area contributed by atoms with Gasteiger partial charge in [-0.05, 0) is 38.7 Å². The molecule has 5 nitrogen and oxygen atoms in total. The van der Waals surface area contributed by atoms with Gasteiger partial charge in [0.2, 0.25) is 5.91 Å². The van der Waals surface area contributed by atoms with E-state index < -0.39 is 0 Å². The number of aryl methyl sites for hydroxylation is 1. The Morgan fingerprint density at radius 2 is 2.00 bits per heavy atom. The predicted octanol–water partition coefficient (Wildman–Crippen LogP) is 3.48. The number of pyridine rings is 1. The number of thiazole rings is 1. The molecule has 2 heterocycles. The fraction of sp³-hybridized carbons (Fsp3) is 0.286. The predicted molar refractivity (Wildman–Crippen MR) is 110 cm³/mol. The van der Waals surface area contributed by atoms with E-state index in [4.69, 9.17) is 0 Å². The third-order valence-electron chi connectivity index (χ3n) is 4.28. The van der Waals surface area contributed by atoms with Gasteiger partial charge in [-0.3, -0.25) is 14.7 Å². The molecule has 1 atom stereocenters. The molecule has 0 saturated carbocycles. The number of carbonyl (C=O) groups is 1. The molecule has 0 aliphatic heterocycles. The van der Waals surface area contributed by atoms with Crippen molar-refractivity contribution in [3.63, 3.8) is 0 Å². The first kappa shape index (κ1) is 19.2. The Bertz CT molecular complexity index is 892. The largest absolute Gasteiger partial charge is 0.354 e. The van der Waals surface area contributed by atoms with Crippen LogP contribution in [0.4, 0.5) is 0 Å². The monoisotopic (exact) mass is 380 g/mol. The van der Waals surface area contributed by atoms with E-state index >= 15 is 0 Å². The summed E-state index contributed by atoms with van der Waals surface area (Å²) < 4.78 is 0. The lowest BCUT2D eigenvalue weighted by molar-refractivity contribution is -0.125. The Morgan fingerprint density at radius 1 is 1.22 bits per heavy atom. The fourth-order valence-electron chi connectivity index (χ4n) is 2.98. The quantitative estimate of drug-likeness (QED) is 0.682. The van der Waals surface area contributed by atoms with Gasteiger partial charge in [0, 0.05) is 36.3 Å². The first-order chi connectivity index (χ1) is 13.0. The summed E-state index contributed by atoms with van der Waals surface area (Å²) in [5, 5.41) is 6.08. The molecular formula is C21H24N4OS. The standard InChI is InChI=1S/C21H24N4OS/c1-15-5-4-6-17(13-15)19(25(2)3)20(26)23-12-9-18-14-27-21(24-18)16-7-10-22-11-8-16/h4-8,10-11,13-14,19H,9,12H2,1-3H3,(H,23,26)/t19-/m1/s1. The Labute approximate surface area is 164 Å². The Kier molecular flexibility index (Phi) is 6.32. The zero-order valence-electron chi connectivity index (χ0n) is 15.8. The van der Waals surface area contributed by atoms with Crippen LogP contribution in [0, 0.1) is 6.92 Å². The van der Waals surface area contributed by atoms with Crippen LogP contribution in [0.5, 0.6) is 0 Å². The summed E-state index contributed by atoms with van der Waals surface area (Å²) in [5.74, 6) is 0.00943. The fourth-order valence-corrected chi connectivity index (χ4v) is 3.84. The van der Waals surface area contributed by atoms with Crippen molar-refractivity contribution in [2.75, 3.05) is 20.6 Å². The highest BCUT2D eigenvalue weighted by Crippen LogP contribution is 2.23. The SMILES string of the molecule is Cc1cccc([C@H](C(=O)NCCc2csc(-c3ccncc3)n2)N(C)C)c1. The second kappa shape index (κ2) is 8.88. The van der Waals surface area contributed by atoms with Crippen molar-refractivity contribution in [3.05, 3.63) is 71.0 Å². The summed E-state index contributed by atoms with van der Waals surface area (Å²) in [6.07, 6.45) is 4.24. The zero-order valence-corrected chi connectivity index (χ0v) is 16.7. The summed E-state index contributed by atoms with van der Waals surface area (Å²) in [7, 11) is 3.85. The molecule has 1 N–H and O–H groups in total. The summed E-state index contributed by atoms with van der Waals surface area (Å²) in [6.45, 7) is 2.60. The second-order valence-electron chi connectivity index (χ2n) is 6.70. The number of nitrogens with zero attached hydrogens (tertiary/aromatic N) is 3. The van der Waals surface area contributed by atoms with Crippen LogP contribution < -0.4 is 5.32 Å². The molecule has 3 rings (SSSR count). The van der Waals surface area contributed by atoms with Crippen molar-refractivity contribution in [2.24, 2.45) is 0 Å². The molecule has 0 radical (unpaired) electrons. The Morgan fingerprint density at radius 3 is 2.70 bits per heavy atom. The van der Waals surface area contributed by atoms with Gasteiger partial charge in [-0.2, -0.15) is 0 Å². The van der Waals surface area contributed by atoms with E-state index in [1.807, 2.05) is 61.6 Å². The molecule has 2 aromatic heterocycles. The van der Waals surface area contributed by atoms with Gasteiger partial charge >= 0.3 is 0 Å². The van der Waals surface area contributed by atoms with Gasteiger partial charge in [0.1, 0.15) is 11.0 Å². The molecular weight excluding hydrogens is 356 g/mol. The number of aromatic nitrogens is 2. The van der Waals surface area contributed by atoms with Gasteiger partial charge in [0.05, 0.1) is 5.69 Å². The van der Waals surface area contributed by atoms with Gasteiger partial charge in [0.15, 0.2) is 0 Å². The molecule has 27 heavy (non-hydrogen) atoms. The molecule has 0 aliphatic rings. The van der Waals surface area contributed by atoms with Crippen molar-refractivity contribution in [3.8, 4) is 10.6 Å². The minimum absolute atomic E-state index is 0.00943. The van der Waals surface area contributed by atoms with E-state index in [0.717, 1.165) is 27.4 Å². The lowest BCUT2D eigenvalue weighted by Crippen LogP contribution is -2.38. The molecule has 0 bridgehead atoms. The van der Waals surface area contributed by atoms with Gasteiger partial charge in [-0.1, -0.05) is 29.8 Å². The maximum Gasteiger partial charge on any atom is 0.241 e. The highest BCUT2D eigenvalue weighted by Gasteiger charge is 2.22. The van der Waals surface area contributed by atoms with Gasteiger partial charge in [-0.15, -0.1) is 11.3 Å². The van der Waals surface area contributed by atoms with Crippen LogP contribution in [-0.4, -0.2) is 41.4 Å². The zero-order chi connectivity index (χ0) is 19.2. The van der Waals surface area contributed by atoms with Crippen molar-refractivity contribution < 1.29 is 4.79 Å². The number of hydrogen-bond acceptors (Lipinski definition) is 5. The van der Waals surface area contributed by atoms with Crippen LogP contribution in [0.25, 0.3) is 10.6 Å². The van der Waals surface area contributed by atoms with Crippen LogP contribution in [-0.2, 0) is 11.2 Å². The minimum atomic E-state index is -0.298. The summed E-state index contributed by atoms with van der Waals surface area (Å²) in [5.41, 5.74) is 4.21. The Balaban J connectivity index is 1.59. The average molecular weight is 381 g/mol. The topological polar surface area (TPSA) is 58.1 Å². The molecule has 0 aliphatic carbocycles. The summed E-state index contributed by atoms with van der Waals surface area (Å²) in [6, 6.07) is 11.7. The van der Waals surface area contributed by atoms with E-state index in [0.29, 0.717) is 13.0 Å². The number of amides is 1. The first-order valence-corrected chi connectivity index (χ1v) is 9.78. The lowest BCUT2D eigenvalue weighted by Gasteiger charge is -2.24. The maximum atomic E-state index is 12.7. The third-order valence-corrected chi connectivity index (χ3v) is 5.22. The average Bonchev–Trinajstić information content (AvgIpc) is 3.11. The van der Waals surface area contributed by atoms with Crippen LogP contribution in [0.1, 0.15) is 22.9 Å². The van der Waals surface area contributed by atoms with E-state index in [9.17, 15) is 4.79 Å². The van der Waals surface area contributed by atoms with Crippen LogP contribution >= 0.6 is 11.3 Å². The van der Waals surface area contributed by atoms with Crippen molar-refractivity contribution in [1.29, 1.82) is 0 Å². The molecule has 1 amide bonds. The number of nitrogens with one attached hydrogen (secondary N) is 1. The molecule has 140 valence electrons. The van der Waals surface area contributed by atoms with Gasteiger partial charge < -0.3 is 5.32 Å². The Hall–Kier alpha value is -2.57. The van der Waals surface area contributed by atoms with Gasteiger partial charge in [0.25, 0.3) is 0 Å². The van der Waals surface area contributed by atoms with Crippen molar-refractivity contribution >= 4 is 17.2 Å². The number of rotatable bonds is 7. The molecule has 0 spiro atoms. The van der Waals surface area contributed by atoms with Crippen molar-refractivity contribution in [1.82, 2.24) is 20.2 Å². The molecule has 0 fully saturated rings. The molecule has 0 saturated heterocycles. The smallest absolute Gasteiger partial charge is 0.241 e. The highest BCUT2D eigenvalue weighted by atomic mass is 32.1. The second-order valence-corrected chi connectivity index (χ2v) is 7.56. The van der Waals surface area contributed by atoms with E-state index in [1.54, 1.807) is 23.7 Å². The van der Waals surface area contributed by atoms with Crippen LogP contribution in [0.15, 0.2) is 54.2 Å². The molecule has 6 heteroatoms. The third kappa shape index (κ3) is 4.99. The maximum absolute atomic E-state index is 12.7. The first-order valence-electron chi connectivity index (χ1n) is 8.90. The summed E-state index contributed by atoms with van der Waals surface area (Å²) in [4.78, 5) is 23.4. The molecule has 3 aromatic rings. The summed E-state index contributed by atoms with van der Waals surface area (Å²) >= 11 is 1.61. The van der Waals surface area contributed by atoms with E-state index in [-0.39, 0.29) is 11.9 Å². The minimum Gasteiger partial charge on any atom is -0.354 e. The normalized spacial score (nSPS) is 12.1. The molecule has 1 aromatic carbocycles. The number of hydrogen-bond donors (Lipinski definition) is 1. The number of benzene rings is 1. The van der Waals surface area contributed by atoms with Crippen molar-refractivity contribution in [2.45, 2.75) is 19.4 Å². The van der Waals surface area contributed by atoms with E-state index in [1.165, 1.54) is 0 Å². The lowest BCUT2D eigenvalue weighted by atomic mass is 10.0. The van der Waals surface area contributed by atoms with Crippen LogP contribution in [0.3, 0.4) is 0 Å². The van der Waals surface area contributed by atoms with Crippen LogP contribution in [0.2, 0.25) is 0 Å². The number of carbonyl (C=O) groups excluding carboxylic acids is 1. The van der Waals surface area contributed by atoms with E-state index in [2.05, 4.69) is 21.4 Å². The highest BCUT2D eigenvalue weighted by molar-refractivity contribution is 7.13.